The van der Waals surface area contributed by atoms with Crippen molar-refractivity contribution >= 4 is 24.3 Å². The molecule has 3 amide bonds. The van der Waals surface area contributed by atoms with Gasteiger partial charge < -0.3 is 20.4 Å². The molecule has 0 bridgehead atoms. The number of urea groups is 1. The molecule has 122 valence electrons. The van der Waals surface area contributed by atoms with Gasteiger partial charge in [0, 0.05) is 45.7 Å². The molecule has 21 heavy (non-hydrogen) atoms. The molecule has 2 saturated heterocycles. The van der Waals surface area contributed by atoms with Crippen LogP contribution in [0, 0.1) is 5.92 Å². The highest BCUT2D eigenvalue weighted by molar-refractivity contribution is 5.85. The van der Waals surface area contributed by atoms with Crippen LogP contribution in [-0.2, 0) is 4.79 Å². The Morgan fingerprint density at radius 2 is 1.86 bits per heavy atom. The van der Waals surface area contributed by atoms with Crippen LogP contribution in [0.25, 0.3) is 0 Å². The monoisotopic (exact) mass is 318 g/mol. The fourth-order valence-electron chi connectivity index (χ4n) is 2.91. The van der Waals surface area contributed by atoms with Crippen molar-refractivity contribution in [1.29, 1.82) is 0 Å². The van der Waals surface area contributed by atoms with E-state index in [9.17, 15) is 9.59 Å². The third kappa shape index (κ3) is 5.04. The smallest absolute Gasteiger partial charge is 0.319 e. The first-order valence-corrected chi connectivity index (χ1v) is 7.55. The van der Waals surface area contributed by atoms with Gasteiger partial charge in [0.25, 0.3) is 0 Å². The highest BCUT2D eigenvalue weighted by atomic mass is 35.5. The summed E-state index contributed by atoms with van der Waals surface area (Å²) in [6.45, 7) is 3.29. The van der Waals surface area contributed by atoms with E-state index in [2.05, 4.69) is 10.6 Å². The van der Waals surface area contributed by atoms with Crippen molar-refractivity contribution in [2.45, 2.75) is 31.7 Å². The number of rotatable bonds is 2. The van der Waals surface area contributed by atoms with Crippen LogP contribution in [0.5, 0.6) is 0 Å². The van der Waals surface area contributed by atoms with E-state index in [4.69, 9.17) is 0 Å². The van der Waals surface area contributed by atoms with Crippen LogP contribution >= 0.6 is 12.4 Å². The van der Waals surface area contributed by atoms with Gasteiger partial charge in [0.2, 0.25) is 5.91 Å². The van der Waals surface area contributed by atoms with E-state index in [0.29, 0.717) is 13.1 Å². The van der Waals surface area contributed by atoms with Gasteiger partial charge in [-0.25, -0.2) is 4.79 Å². The van der Waals surface area contributed by atoms with E-state index in [1.54, 1.807) is 19.0 Å². The van der Waals surface area contributed by atoms with Crippen LogP contribution in [0.1, 0.15) is 25.7 Å². The number of hydrogen-bond acceptors (Lipinski definition) is 3. The summed E-state index contributed by atoms with van der Waals surface area (Å²) in [5.74, 6) is 0.221. The summed E-state index contributed by atoms with van der Waals surface area (Å²) in [6.07, 6.45) is 3.73. The summed E-state index contributed by atoms with van der Waals surface area (Å²) in [6, 6.07) is 0.318. The second-order valence-corrected chi connectivity index (χ2v) is 5.99. The van der Waals surface area contributed by atoms with Gasteiger partial charge in [-0.1, -0.05) is 0 Å². The lowest BCUT2D eigenvalue weighted by Crippen LogP contribution is -2.50. The van der Waals surface area contributed by atoms with E-state index in [1.807, 2.05) is 4.90 Å². The maximum Gasteiger partial charge on any atom is 0.319 e. The normalized spacial score (nSPS) is 23.1. The number of hydrogen-bond donors (Lipinski definition) is 2. The number of nitrogens with one attached hydrogen (secondary N) is 2. The van der Waals surface area contributed by atoms with Crippen molar-refractivity contribution in [2.24, 2.45) is 5.92 Å². The highest BCUT2D eigenvalue weighted by Crippen LogP contribution is 2.18. The average Bonchev–Trinajstić information content (AvgIpc) is 2.47. The molecule has 2 aliphatic heterocycles. The fourth-order valence-corrected chi connectivity index (χ4v) is 2.91. The molecule has 2 fully saturated rings. The lowest BCUT2D eigenvalue weighted by atomic mass is 9.95. The van der Waals surface area contributed by atoms with Crippen LogP contribution in [0.4, 0.5) is 4.79 Å². The quantitative estimate of drug-likeness (QED) is 0.786. The van der Waals surface area contributed by atoms with Crippen LogP contribution in [0.3, 0.4) is 0 Å². The van der Waals surface area contributed by atoms with Crippen LogP contribution in [-0.4, -0.2) is 68.1 Å². The molecule has 0 aromatic rings. The third-order valence-corrected chi connectivity index (χ3v) is 4.16. The van der Waals surface area contributed by atoms with Gasteiger partial charge in [-0.2, -0.15) is 0 Å². The Bertz CT molecular complexity index is 351. The molecular formula is C14H27ClN4O2. The summed E-state index contributed by atoms with van der Waals surface area (Å²) >= 11 is 0. The molecule has 0 radical (unpaired) electrons. The van der Waals surface area contributed by atoms with Crippen molar-refractivity contribution in [3.8, 4) is 0 Å². The van der Waals surface area contributed by atoms with Gasteiger partial charge in [0.05, 0.1) is 0 Å². The van der Waals surface area contributed by atoms with Crippen LogP contribution in [0.15, 0.2) is 0 Å². The summed E-state index contributed by atoms with van der Waals surface area (Å²) in [7, 11) is 3.52. The fraction of sp³-hybridized carbons (Fsp3) is 0.857. The Labute approximate surface area is 133 Å². The second kappa shape index (κ2) is 8.44. The summed E-state index contributed by atoms with van der Waals surface area (Å²) in [5, 5.41) is 6.44. The van der Waals surface area contributed by atoms with Gasteiger partial charge in [-0.05, 0) is 32.2 Å². The number of nitrogens with zero attached hydrogens (tertiary/aromatic N) is 2. The predicted molar refractivity (Wildman–Crippen MR) is 84.7 cm³/mol. The maximum atomic E-state index is 12.2. The molecule has 1 atom stereocenters. The number of amides is 3. The van der Waals surface area contributed by atoms with E-state index < -0.39 is 0 Å². The molecule has 2 aliphatic rings. The molecule has 0 saturated carbocycles. The van der Waals surface area contributed by atoms with Gasteiger partial charge in [0.1, 0.15) is 0 Å². The summed E-state index contributed by atoms with van der Waals surface area (Å²) in [4.78, 5) is 27.5. The Morgan fingerprint density at radius 1 is 1.19 bits per heavy atom. The van der Waals surface area contributed by atoms with Crippen molar-refractivity contribution in [2.75, 3.05) is 40.3 Å². The lowest BCUT2D eigenvalue weighted by molar-refractivity contribution is -0.127. The van der Waals surface area contributed by atoms with Crippen molar-refractivity contribution in [3.63, 3.8) is 0 Å². The molecule has 0 unspecified atom stereocenters. The van der Waals surface area contributed by atoms with Gasteiger partial charge in [-0.15, -0.1) is 12.4 Å². The summed E-state index contributed by atoms with van der Waals surface area (Å²) < 4.78 is 0. The minimum absolute atomic E-state index is 0. The van der Waals surface area contributed by atoms with Gasteiger partial charge in [0.15, 0.2) is 0 Å². The second-order valence-electron chi connectivity index (χ2n) is 5.99. The first-order valence-electron chi connectivity index (χ1n) is 7.55. The molecule has 2 rings (SSSR count). The van der Waals surface area contributed by atoms with Crippen molar-refractivity contribution < 1.29 is 9.59 Å². The molecule has 0 spiro atoms. The zero-order valence-corrected chi connectivity index (χ0v) is 13.7. The zero-order valence-electron chi connectivity index (χ0n) is 12.9. The molecule has 0 aromatic carbocycles. The van der Waals surface area contributed by atoms with Gasteiger partial charge in [-0.3, -0.25) is 4.79 Å². The van der Waals surface area contributed by atoms with Crippen LogP contribution in [0.2, 0.25) is 0 Å². The van der Waals surface area contributed by atoms with E-state index in [0.717, 1.165) is 38.8 Å². The highest BCUT2D eigenvalue weighted by Gasteiger charge is 2.29. The van der Waals surface area contributed by atoms with Crippen molar-refractivity contribution in [3.05, 3.63) is 0 Å². The number of likely N-dealkylation sites (tertiary alicyclic amines) is 1. The Hall–Kier alpha value is -1.01. The minimum atomic E-state index is 0. The van der Waals surface area contributed by atoms with E-state index in [1.165, 1.54) is 0 Å². The molecular weight excluding hydrogens is 292 g/mol. The Kier molecular flexibility index (Phi) is 7.25. The molecule has 2 N–H and O–H groups in total. The third-order valence-electron chi connectivity index (χ3n) is 4.16. The largest absolute Gasteiger partial charge is 0.352 e. The first kappa shape index (κ1) is 18.0. The number of carbonyl (C=O) groups excluding carboxylic acids is 2. The molecule has 0 aliphatic carbocycles. The molecule has 7 heteroatoms. The zero-order chi connectivity index (χ0) is 14.5. The lowest BCUT2D eigenvalue weighted by Gasteiger charge is -2.34. The topological polar surface area (TPSA) is 64.7 Å². The van der Waals surface area contributed by atoms with Gasteiger partial charge >= 0.3 is 6.03 Å². The average molecular weight is 319 g/mol. The van der Waals surface area contributed by atoms with E-state index in [-0.39, 0.29) is 36.3 Å². The molecule has 2 heterocycles. The number of piperidine rings is 2. The maximum absolute atomic E-state index is 12.2. The van der Waals surface area contributed by atoms with Crippen molar-refractivity contribution in [1.82, 2.24) is 20.4 Å². The Balaban J connectivity index is 0.00000220. The Morgan fingerprint density at radius 3 is 2.38 bits per heavy atom. The molecule has 6 nitrogen and oxygen atoms in total. The van der Waals surface area contributed by atoms with E-state index >= 15 is 0 Å². The van der Waals surface area contributed by atoms with Crippen LogP contribution < -0.4 is 10.6 Å². The number of carbonyl (C=O) groups is 2. The predicted octanol–water partition coefficient (Wildman–Crippen LogP) is 0.670. The number of halogens is 1. The standard InChI is InChI=1S/C14H26N4O2.ClH/c1-17(2)14(20)18-8-5-11(6-9-18)13(19)16-12-4-3-7-15-10-12;/h11-12,15H,3-10H2,1-2H3,(H,16,19);1H/t12-;/m0./s1. The molecule has 0 aromatic heterocycles. The minimum Gasteiger partial charge on any atom is -0.352 e. The first-order chi connectivity index (χ1) is 9.58. The summed E-state index contributed by atoms with van der Waals surface area (Å²) in [5.41, 5.74) is 0. The SMILES string of the molecule is CN(C)C(=O)N1CCC(C(=O)N[C@H]2CCCNC2)CC1.Cl.